The van der Waals surface area contributed by atoms with E-state index in [-0.39, 0.29) is 18.3 Å². The average Bonchev–Trinajstić information content (AvgIpc) is 2.84. The minimum atomic E-state index is -0.464. The van der Waals surface area contributed by atoms with E-state index >= 15 is 0 Å². The van der Waals surface area contributed by atoms with Crippen LogP contribution in [0.1, 0.15) is 64.0 Å². The maximum absolute atomic E-state index is 11.8. The minimum Gasteiger partial charge on any atom is -0.504 e. The summed E-state index contributed by atoms with van der Waals surface area (Å²) in [6.07, 6.45) is 7.01. The van der Waals surface area contributed by atoms with Gasteiger partial charge in [-0.15, -0.1) is 0 Å². The second-order valence-electron chi connectivity index (χ2n) is 9.51. The molecule has 1 aromatic rings. The molecule has 1 aliphatic rings. The number of esters is 2. The number of hydrogen-bond acceptors (Lipinski definition) is 9. The van der Waals surface area contributed by atoms with E-state index in [4.69, 9.17) is 19.9 Å². The van der Waals surface area contributed by atoms with E-state index in [9.17, 15) is 19.8 Å². The summed E-state index contributed by atoms with van der Waals surface area (Å²) in [5.41, 5.74) is 8.50. The lowest BCUT2D eigenvalue weighted by Crippen LogP contribution is -2.27. The second kappa shape index (κ2) is 15.1. The lowest BCUT2D eigenvalue weighted by molar-refractivity contribution is -0.153. The Morgan fingerprint density at radius 2 is 1.78 bits per heavy atom. The zero-order valence-electron chi connectivity index (χ0n) is 22.4. The zero-order chi connectivity index (χ0) is 27.4. The van der Waals surface area contributed by atoms with Gasteiger partial charge in [0.1, 0.15) is 12.2 Å². The Balaban J connectivity index is 2.17. The first-order chi connectivity index (χ1) is 17.6. The second-order valence-corrected chi connectivity index (χ2v) is 9.51. The van der Waals surface area contributed by atoms with Crippen molar-refractivity contribution in [2.75, 3.05) is 20.3 Å². The SMILES string of the molecule is CC[C@H](CO)CC[C@@H](C[C@@H](CCc1cc(CC2=CCNC(N)=C2)c(O)c(OC)c1)OC(C)=O)OC(C)=O. The number of dihydropyridines is 1. The van der Waals surface area contributed by atoms with Gasteiger partial charge in [0.25, 0.3) is 0 Å². The number of nitrogens with one attached hydrogen (secondary N) is 1. The van der Waals surface area contributed by atoms with Gasteiger partial charge in [-0.05, 0) is 54.9 Å². The number of aliphatic hydroxyl groups excluding tert-OH is 1. The molecule has 37 heavy (non-hydrogen) atoms. The van der Waals surface area contributed by atoms with Crippen molar-refractivity contribution in [2.45, 2.75) is 77.9 Å². The maximum Gasteiger partial charge on any atom is 0.302 e. The number of hydrogen-bond donors (Lipinski definition) is 4. The number of allylic oxidation sites excluding steroid dienone is 2. The maximum atomic E-state index is 11.8. The third kappa shape index (κ3) is 10.4. The molecule has 5 N–H and O–H groups in total. The average molecular weight is 519 g/mol. The highest BCUT2D eigenvalue weighted by Crippen LogP contribution is 2.34. The standard InChI is InChI=1S/C28H42N2O7/c1-5-20(17-31)6-8-24(36-18(2)32)16-25(37-19(3)33)9-7-21-12-23(28(34)26(14-21)35-4)13-22-10-11-30-27(29)15-22/h10,12,14-15,20,24-25,30-31,34H,5-9,11,13,16-17,29H2,1-4H3/t20-,24-,25+/m0/s1. The number of nitrogens with two attached hydrogens (primary N) is 1. The van der Waals surface area contributed by atoms with Crippen LogP contribution in [0.4, 0.5) is 0 Å². The molecule has 0 amide bonds. The van der Waals surface area contributed by atoms with E-state index in [0.29, 0.717) is 62.2 Å². The van der Waals surface area contributed by atoms with Crippen molar-refractivity contribution in [1.29, 1.82) is 0 Å². The largest absolute Gasteiger partial charge is 0.504 e. The number of phenols is 1. The highest BCUT2D eigenvalue weighted by atomic mass is 16.6. The Bertz CT molecular complexity index is 970. The first kappa shape index (κ1) is 30.0. The Labute approximate surface area is 219 Å². The van der Waals surface area contributed by atoms with Crippen molar-refractivity contribution < 1.29 is 34.0 Å². The molecule has 0 aliphatic carbocycles. The Kier molecular flexibility index (Phi) is 12.3. The number of aryl methyl sites for hydroxylation is 1. The topological polar surface area (TPSA) is 140 Å². The van der Waals surface area contributed by atoms with Gasteiger partial charge in [-0.2, -0.15) is 0 Å². The summed E-state index contributed by atoms with van der Waals surface area (Å²) >= 11 is 0. The molecule has 0 aromatic heterocycles. The molecule has 1 aromatic carbocycles. The lowest BCUT2D eigenvalue weighted by atomic mass is 9.94. The fourth-order valence-corrected chi connectivity index (χ4v) is 4.50. The van der Waals surface area contributed by atoms with Crippen molar-refractivity contribution in [3.8, 4) is 11.5 Å². The molecular formula is C28H42N2O7. The van der Waals surface area contributed by atoms with Gasteiger partial charge >= 0.3 is 11.9 Å². The molecule has 1 heterocycles. The number of benzene rings is 1. The third-order valence-electron chi connectivity index (χ3n) is 6.52. The van der Waals surface area contributed by atoms with Crippen LogP contribution in [-0.2, 0) is 31.9 Å². The van der Waals surface area contributed by atoms with E-state index < -0.39 is 24.1 Å². The summed E-state index contributed by atoms with van der Waals surface area (Å²) in [6.45, 7) is 5.44. The molecule has 2 rings (SSSR count). The molecule has 3 atom stereocenters. The number of methoxy groups -OCH3 is 1. The van der Waals surface area contributed by atoms with E-state index in [0.717, 1.165) is 17.6 Å². The van der Waals surface area contributed by atoms with Gasteiger partial charge in [-0.25, -0.2) is 0 Å². The van der Waals surface area contributed by atoms with Gasteiger partial charge in [-0.1, -0.05) is 25.5 Å². The van der Waals surface area contributed by atoms with E-state index in [1.807, 2.05) is 25.1 Å². The highest BCUT2D eigenvalue weighted by Gasteiger charge is 2.23. The summed E-state index contributed by atoms with van der Waals surface area (Å²) in [4.78, 5) is 23.5. The molecule has 0 spiro atoms. The van der Waals surface area contributed by atoms with Crippen LogP contribution in [0.25, 0.3) is 0 Å². The summed E-state index contributed by atoms with van der Waals surface area (Å²) in [5.74, 6) is 0.371. The number of rotatable bonds is 15. The fourth-order valence-electron chi connectivity index (χ4n) is 4.50. The molecule has 9 nitrogen and oxygen atoms in total. The van der Waals surface area contributed by atoms with Gasteiger partial charge in [0.2, 0.25) is 0 Å². The summed E-state index contributed by atoms with van der Waals surface area (Å²) < 4.78 is 16.5. The van der Waals surface area contributed by atoms with Crippen LogP contribution >= 0.6 is 0 Å². The molecular weight excluding hydrogens is 476 g/mol. The molecule has 0 unspecified atom stereocenters. The molecule has 0 radical (unpaired) electrons. The predicted octanol–water partition coefficient (Wildman–Crippen LogP) is 3.26. The molecule has 0 bridgehead atoms. The number of aromatic hydroxyl groups is 1. The Hall–Kier alpha value is -3.20. The van der Waals surface area contributed by atoms with Crippen LogP contribution in [0.2, 0.25) is 0 Å². The van der Waals surface area contributed by atoms with Crippen molar-refractivity contribution in [3.05, 3.63) is 46.8 Å². The molecule has 9 heteroatoms. The number of aliphatic hydroxyl groups is 1. The van der Waals surface area contributed by atoms with Gasteiger partial charge in [0.15, 0.2) is 11.5 Å². The van der Waals surface area contributed by atoms with Gasteiger partial charge in [0.05, 0.1) is 12.9 Å². The quantitative estimate of drug-likeness (QED) is 0.258. The number of carbonyl (C=O) groups excluding carboxylic acids is 2. The van der Waals surface area contributed by atoms with E-state index in [1.54, 1.807) is 6.07 Å². The van der Waals surface area contributed by atoms with Crippen LogP contribution in [0.5, 0.6) is 11.5 Å². The monoisotopic (exact) mass is 518 g/mol. The number of carbonyl (C=O) groups is 2. The van der Waals surface area contributed by atoms with Gasteiger partial charge in [0, 0.05) is 45.4 Å². The van der Waals surface area contributed by atoms with Crippen molar-refractivity contribution >= 4 is 11.9 Å². The lowest BCUT2D eigenvalue weighted by Gasteiger charge is -2.25. The van der Waals surface area contributed by atoms with Crippen molar-refractivity contribution in [1.82, 2.24) is 5.32 Å². The zero-order valence-corrected chi connectivity index (χ0v) is 22.4. The normalized spacial score (nSPS) is 15.5. The summed E-state index contributed by atoms with van der Waals surface area (Å²) in [7, 11) is 1.51. The van der Waals surface area contributed by atoms with Crippen molar-refractivity contribution in [2.24, 2.45) is 11.7 Å². The van der Waals surface area contributed by atoms with Gasteiger partial charge in [-0.3, -0.25) is 9.59 Å². The molecule has 0 saturated heterocycles. The first-order valence-electron chi connectivity index (χ1n) is 12.9. The Morgan fingerprint density at radius 3 is 2.35 bits per heavy atom. The van der Waals surface area contributed by atoms with Crippen LogP contribution in [-0.4, -0.2) is 54.6 Å². The first-order valence-corrected chi connectivity index (χ1v) is 12.9. The van der Waals surface area contributed by atoms with Crippen LogP contribution in [0.15, 0.2) is 35.7 Å². The molecule has 206 valence electrons. The third-order valence-corrected chi connectivity index (χ3v) is 6.52. The van der Waals surface area contributed by atoms with E-state index in [1.165, 1.54) is 21.0 Å². The predicted molar refractivity (Wildman–Crippen MR) is 141 cm³/mol. The summed E-state index contributed by atoms with van der Waals surface area (Å²) in [5, 5.41) is 23.2. The number of ether oxygens (including phenoxy) is 3. The van der Waals surface area contributed by atoms with Crippen LogP contribution in [0.3, 0.4) is 0 Å². The minimum absolute atomic E-state index is 0.0808. The fraction of sp³-hybridized carbons (Fsp3) is 0.571. The van der Waals surface area contributed by atoms with Crippen LogP contribution < -0.4 is 15.8 Å². The smallest absolute Gasteiger partial charge is 0.302 e. The highest BCUT2D eigenvalue weighted by molar-refractivity contribution is 5.66. The molecule has 0 saturated carbocycles. The molecule has 0 fully saturated rings. The molecule has 1 aliphatic heterocycles. The summed E-state index contributed by atoms with van der Waals surface area (Å²) in [6, 6.07) is 3.70. The van der Waals surface area contributed by atoms with Gasteiger partial charge < -0.3 is 35.5 Å². The van der Waals surface area contributed by atoms with Crippen LogP contribution in [0, 0.1) is 5.92 Å². The van der Waals surface area contributed by atoms with Crippen molar-refractivity contribution in [3.63, 3.8) is 0 Å². The number of phenolic OH excluding ortho intramolecular Hbond substituents is 1. The Morgan fingerprint density at radius 1 is 1.11 bits per heavy atom. The van der Waals surface area contributed by atoms with E-state index in [2.05, 4.69) is 5.32 Å².